The smallest absolute Gasteiger partial charge is 0.415 e. The first-order valence-corrected chi connectivity index (χ1v) is 23.8. The molecule has 0 saturated carbocycles. The molecule has 4 aromatic rings. The van der Waals surface area contributed by atoms with Crippen molar-refractivity contribution in [3.8, 4) is 17.1 Å². The largest absolute Gasteiger partial charge is 0.458 e. The van der Waals surface area contributed by atoms with Gasteiger partial charge in [-0.3, -0.25) is 14.5 Å². The predicted molar refractivity (Wildman–Crippen MR) is 265 cm³/mol. The van der Waals surface area contributed by atoms with Gasteiger partial charge >= 0.3 is 12.1 Å². The SMILES string of the molecule is CCC/C=C/C=C/C/C=C\C/C=C\C/C=C/C/C=C\CCC(=O)Nc1ccc(CN2CCN(C(=O)Oc3ccc4nc5c(cc4c3)Cn3c-5cc4c(c3=O)COC(=O)[C@]4(O)CCC)CC2)cc1. The molecule has 12 heteroatoms. The van der Waals surface area contributed by atoms with Crippen LogP contribution in [0.2, 0.25) is 0 Å². The normalized spacial score (nSPS) is 17.4. The van der Waals surface area contributed by atoms with E-state index in [-0.39, 0.29) is 36.6 Å². The molecule has 1 atom stereocenters. The van der Waals surface area contributed by atoms with Crippen LogP contribution in [0, 0.1) is 0 Å². The molecule has 5 heterocycles. The van der Waals surface area contributed by atoms with Crippen molar-refractivity contribution < 1.29 is 29.0 Å². The quantitative estimate of drug-likeness (QED) is 0.0443. The van der Waals surface area contributed by atoms with Crippen LogP contribution < -0.4 is 15.6 Å². The zero-order chi connectivity index (χ0) is 47.0. The third kappa shape index (κ3) is 12.6. The average molecular weight is 906 g/mol. The van der Waals surface area contributed by atoms with Crippen molar-refractivity contribution >= 4 is 34.6 Å². The highest BCUT2D eigenvalue weighted by Gasteiger charge is 2.46. The van der Waals surface area contributed by atoms with E-state index in [0.717, 1.165) is 60.8 Å². The first-order chi connectivity index (χ1) is 32.7. The number of allylic oxidation sites excluding steroid dienone is 12. The van der Waals surface area contributed by atoms with E-state index >= 15 is 0 Å². The van der Waals surface area contributed by atoms with Crippen LogP contribution in [0.15, 0.2) is 132 Å². The van der Waals surface area contributed by atoms with Crippen LogP contribution >= 0.6 is 0 Å². The lowest BCUT2D eigenvalue weighted by molar-refractivity contribution is -0.172. The number of nitrogens with one attached hydrogen (secondary N) is 1. The highest BCUT2D eigenvalue weighted by Crippen LogP contribution is 2.39. The topological polar surface area (TPSA) is 143 Å². The Kier molecular flexibility index (Phi) is 17.1. The number of carbonyl (C=O) groups excluding carboxylic acids is 3. The second-order valence-corrected chi connectivity index (χ2v) is 17.2. The van der Waals surface area contributed by atoms with Crippen LogP contribution in [0.5, 0.6) is 5.75 Å². The monoisotopic (exact) mass is 905 g/mol. The minimum atomic E-state index is -1.88. The molecule has 3 aliphatic rings. The number of hydrogen-bond acceptors (Lipinski definition) is 9. The molecule has 2 aromatic carbocycles. The van der Waals surface area contributed by atoms with Gasteiger partial charge in [-0.2, -0.15) is 0 Å². The molecule has 2 N–H and O–H groups in total. The molecular formula is C55H63N5O7. The minimum Gasteiger partial charge on any atom is -0.458 e. The van der Waals surface area contributed by atoms with E-state index in [4.69, 9.17) is 14.5 Å². The van der Waals surface area contributed by atoms with Crippen molar-refractivity contribution in [2.45, 2.75) is 103 Å². The Bertz CT molecular complexity index is 2630. The van der Waals surface area contributed by atoms with Crippen LogP contribution in [0.3, 0.4) is 0 Å². The molecule has 0 bridgehead atoms. The third-order valence-electron chi connectivity index (χ3n) is 12.2. The number of pyridine rings is 2. The Labute approximate surface area is 393 Å². The summed E-state index contributed by atoms with van der Waals surface area (Å²) in [6.45, 7) is 7.29. The number of ether oxygens (including phenoxy) is 2. The molecule has 2 aromatic heterocycles. The standard InChI is InChI=1S/C55H63N5O7/c1-3-5-6-7-8-9-10-11-12-13-14-15-16-17-18-19-20-21-22-23-50(61)56-44-26-24-41(25-27-44)38-58-31-33-59(34-32-58)54(64)67-45-28-29-48-42(36-45)35-43-39-60-49(51(43)57-48)37-47-46(52(60)62)40-66-53(63)55(47,65)30-4-2/h6-9,11-12,14-15,17-18,20-21,24-29,35-37,65H,3-5,10,13,16,19,22-23,30-34,38-40H2,1-2H3,(H,56,61)/b7-6+,9-8+,12-11-,15-14-,18-17+,21-20-/t55-/m0/s1. The second-order valence-electron chi connectivity index (χ2n) is 17.2. The molecule has 0 aliphatic carbocycles. The fourth-order valence-corrected chi connectivity index (χ4v) is 8.54. The van der Waals surface area contributed by atoms with Crippen LogP contribution in [0.25, 0.3) is 22.3 Å². The number of cyclic esters (lactones) is 1. The van der Waals surface area contributed by atoms with Gasteiger partial charge in [0.05, 0.1) is 29.0 Å². The summed E-state index contributed by atoms with van der Waals surface area (Å²) in [7, 11) is 0. The van der Waals surface area contributed by atoms with Gasteiger partial charge in [0, 0.05) is 61.3 Å². The first kappa shape index (κ1) is 48.3. The van der Waals surface area contributed by atoms with Gasteiger partial charge in [0.2, 0.25) is 5.91 Å². The van der Waals surface area contributed by atoms with Gasteiger partial charge in [-0.25, -0.2) is 14.6 Å². The zero-order valence-electron chi connectivity index (χ0n) is 38.8. The van der Waals surface area contributed by atoms with Gasteiger partial charge in [0.25, 0.3) is 5.56 Å². The Balaban J connectivity index is 0.795. The zero-order valence-corrected chi connectivity index (χ0v) is 38.8. The van der Waals surface area contributed by atoms with Crippen molar-refractivity contribution in [2.75, 3.05) is 31.5 Å². The lowest BCUT2D eigenvalue weighted by Gasteiger charge is -2.34. The van der Waals surface area contributed by atoms with E-state index < -0.39 is 17.7 Å². The number of aromatic nitrogens is 2. The van der Waals surface area contributed by atoms with E-state index in [0.29, 0.717) is 73.7 Å². The van der Waals surface area contributed by atoms with Crippen molar-refractivity contribution in [3.05, 3.63) is 160 Å². The van der Waals surface area contributed by atoms with Crippen molar-refractivity contribution in [2.24, 2.45) is 0 Å². The third-order valence-corrected chi connectivity index (χ3v) is 12.2. The summed E-state index contributed by atoms with van der Waals surface area (Å²) in [5.74, 6) is -0.361. The summed E-state index contributed by atoms with van der Waals surface area (Å²) in [5, 5.41) is 15.1. The van der Waals surface area contributed by atoms with Gasteiger partial charge in [-0.15, -0.1) is 0 Å². The Morgan fingerprint density at radius 1 is 0.806 bits per heavy atom. The fourth-order valence-electron chi connectivity index (χ4n) is 8.54. The van der Waals surface area contributed by atoms with Gasteiger partial charge < -0.3 is 29.4 Å². The average Bonchev–Trinajstić information content (AvgIpc) is 3.69. The molecule has 1 fully saturated rings. The number of aliphatic hydroxyl groups is 1. The van der Waals surface area contributed by atoms with Gasteiger partial charge in [-0.1, -0.05) is 112 Å². The number of anilines is 1. The number of fused-ring (bicyclic) bond motifs is 5. The van der Waals surface area contributed by atoms with Crippen LogP contribution in [-0.4, -0.2) is 68.6 Å². The van der Waals surface area contributed by atoms with E-state index in [1.807, 2.05) is 37.3 Å². The van der Waals surface area contributed by atoms with Crippen LogP contribution in [0.4, 0.5) is 10.5 Å². The predicted octanol–water partition coefficient (Wildman–Crippen LogP) is 10.2. The molecule has 0 radical (unpaired) electrons. The number of esters is 1. The van der Waals surface area contributed by atoms with Gasteiger partial charge in [0.15, 0.2) is 5.60 Å². The molecule has 3 aliphatic heterocycles. The molecule has 7 rings (SSSR count). The first-order valence-electron chi connectivity index (χ1n) is 23.8. The van der Waals surface area contributed by atoms with E-state index in [1.54, 1.807) is 33.7 Å². The number of piperazine rings is 1. The number of hydrogen-bond donors (Lipinski definition) is 2. The maximum Gasteiger partial charge on any atom is 0.415 e. The number of unbranched alkanes of at least 4 members (excludes halogenated alkanes) is 1. The molecule has 2 amide bonds. The molecule has 0 spiro atoms. The summed E-state index contributed by atoms with van der Waals surface area (Å²) in [5.41, 5.74) is 2.90. The van der Waals surface area contributed by atoms with Crippen LogP contribution in [-0.2, 0) is 39.6 Å². The summed E-state index contributed by atoms with van der Waals surface area (Å²) in [6.07, 6.45) is 33.2. The lowest BCUT2D eigenvalue weighted by atomic mass is 9.84. The maximum absolute atomic E-state index is 13.6. The molecular weight excluding hydrogens is 843 g/mol. The Morgan fingerprint density at radius 3 is 2.19 bits per heavy atom. The van der Waals surface area contributed by atoms with E-state index in [1.165, 1.54) is 6.42 Å². The van der Waals surface area contributed by atoms with E-state index in [9.17, 15) is 24.3 Å². The molecule has 350 valence electrons. The summed E-state index contributed by atoms with van der Waals surface area (Å²) >= 11 is 0. The molecule has 12 nitrogen and oxygen atoms in total. The van der Waals surface area contributed by atoms with E-state index in [2.05, 4.69) is 90.1 Å². The minimum absolute atomic E-state index is 0.0141. The Hall–Kier alpha value is -6.63. The molecule has 1 saturated heterocycles. The van der Waals surface area contributed by atoms with Crippen molar-refractivity contribution in [1.82, 2.24) is 19.4 Å². The maximum atomic E-state index is 13.6. The second kappa shape index (κ2) is 23.7. The number of rotatable bonds is 20. The Morgan fingerprint density at radius 2 is 1.49 bits per heavy atom. The highest BCUT2D eigenvalue weighted by atomic mass is 16.6. The van der Waals surface area contributed by atoms with Gasteiger partial charge in [-0.05, 0) is 93.0 Å². The molecule has 67 heavy (non-hydrogen) atoms. The fraction of sp³-hybridized carbons (Fsp3) is 0.364. The van der Waals surface area contributed by atoms with Crippen LogP contribution in [0.1, 0.15) is 100 Å². The summed E-state index contributed by atoms with van der Waals surface area (Å²) in [6, 6.07) is 16.8. The van der Waals surface area contributed by atoms with Crippen molar-refractivity contribution in [1.29, 1.82) is 0 Å². The lowest BCUT2D eigenvalue weighted by Crippen LogP contribution is -2.49. The molecule has 0 unspecified atom stereocenters. The summed E-state index contributed by atoms with van der Waals surface area (Å²) in [4.78, 5) is 61.0. The summed E-state index contributed by atoms with van der Waals surface area (Å²) < 4.78 is 12.7. The van der Waals surface area contributed by atoms with Crippen molar-refractivity contribution in [3.63, 3.8) is 0 Å². The number of benzene rings is 2. The van der Waals surface area contributed by atoms with Gasteiger partial charge in [0.1, 0.15) is 12.4 Å². The number of carbonyl (C=O) groups is 3. The number of amides is 2. The highest BCUT2D eigenvalue weighted by molar-refractivity contribution is 5.91. The number of nitrogens with zero attached hydrogens (tertiary/aromatic N) is 4.